The molecule has 3 aromatic rings. The SMILES string of the molecule is Cc1ccc(S(=O)(=O)O)c(C(C)c2ccc3c(c2)O[C@@H](COCc2ccccc2)CO3)c1. The Kier molecular flexibility index (Phi) is 6.50. The molecule has 1 heterocycles. The summed E-state index contributed by atoms with van der Waals surface area (Å²) in [4.78, 5) is -0.0855. The summed E-state index contributed by atoms with van der Waals surface area (Å²) in [6, 6.07) is 20.4. The van der Waals surface area contributed by atoms with Gasteiger partial charge < -0.3 is 14.2 Å². The largest absolute Gasteiger partial charge is 0.486 e. The first-order chi connectivity index (χ1) is 15.3. The fraction of sp³-hybridized carbons (Fsp3) is 0.280. The van der Waals surface area contributed by atoms with Crippen molar-refractivity contribution in [2.45, 2.75) is 37.4 Å². The summed E-state index contributed by atoms with van der Waals surface area (Å²) in [5.41, 5.74) is 3.39. The van der Waals surface area contributed by atoms with Crippen LogP contribution >= 0.6 is 0 Å². The second kappa shape index (κ2) is 9.32. The van der Waals surface area contributed by atoms with E-state index >= 15 is 0 Å². The van der Waals surface area contributed by atoms with Crippen molar-refractivity contribution < 1.29 is 27.2 Å². The van der Waals surface area contributed by atoms with Crippen molar-refractivity contribution >= 4 is 10.1 Å². The van der Waals surface area contributed by atoms with Gasteiger partial charge in [0.05, 0.1) is 18.1 Å². The van der Waals surface area contributed by atoms with Crippen LogP contribution in [0.15, 0.2) is 71.6 Å². The van der Waals surface area contributed by atoms with Crippen molar-refractivity contribution in [3.8, 4) is 11.5 Å². The molecule has 0 saturated heterocycles. The van der Waals surface area contributed by atoms with E-state index in [0.717, 1.165) is 16.7 Å². The van der Waals surface area contributed by atoms with Crippen molar-refractivity contribution in [1.29, 1.82) is 0 Å². The zero-order valence-corrected chi connectivity index (χ0v) is 18.8. The molecule has 1 N–H and O–H groups in total. The van der Waals surface area contributed by atoms with E-state index in [2.05, 4.69) is 0 Å². The summed E-state index contributed by atoms with van der Waals surface area (Å²) in [7, 11) is -4.34. The van der Waals surface area contributed by atoms with E-state index in [1.165, 1.54) is 6.07 Å². The third-order valence-corrected chi connectivity index (χ3v) is 6.44. The number of hydrogen-bond donors (Lipinski definition) is 1. The summed E-state index contributed by atoms with van der Waals surface area (Å²) in [5.74, 6) is 0.949. The highest BCUT2D eigenvalue weighted by Crippen LogP contribution is 2.37. The zero-order valence-electron chi connectivity index (χ0n) is 18.0. The van der Waals surface area contributed by atoms with Gasteiger partial charge in [-0.3, -0.25) is 4.55 Å². The van der Waals surface area contributed by atoms with Crippen molar-refractivity contribution in [2.24, 2.45) is 0 Å². The third-order valence-electron chi connectivity index (χ3n) is 5.51. The lowest BCUT2D eigenvalue weighted by Crippen LogP contribution is -2.33. The Balaban J connectivity index is 1.50. The highest BCUT2D eigenvalue weighted by molar-refractivity contribution is 7.85. The smallest absolute Gasteiger partial charge is 0.294 e. The van der Waals surface area contributed by atoms with Gasteiger partial charge in [0.25, 0.3) is 10.1 Å². The molecule has 0 saturated carbocycles. The van der Waals surface area contributed by atoms with E-state index in [-0.39, 0.29) is 16.9 Å². The van der Waals surface area contributed by atoms with Gasteiger partial charge in [0.2, 0.25) is 0 Å². The average Bonchev–Trinajstić information content (AvgIpc) is 2.78. The molecule has 6 nitrogen and oxygen atoms in total. The lowest BCUT2D eigenvalue weighted by atomic mass is 9.91. The maximum Gasteiger partial charge on any atom is 0.294 e. The van der Waals surface area contributed by atoms with Crippen molar-refractivity contribution in [1.82, 2.24) is 0 Å². The Hall–Kier alpha value is -2.87. The van der Waals surface area contributed by atoms with Crippen LogP contribution in [0.1, 0.15) is 35.1 Å². The van der Waals surface area contributed by atoms with Crippen LogP contribution in [-0.2, 0) is 21.5 Å². The molecule has 168 valence electrons. The number of benzene rings is 3. The minimum Gasteiger partial charge on any atom is -0.486 e. The van der Waals surface area contributed by atoms with Gasteiger partial charge >= 0.3 is 0 Å². The Bertz CT molecular complexity index is 1190. The Morgan fingerprint density at radius 2 is 1.84 bits per heavy atom. The molecule has 1 aliphatic rings. The molecule has 0 aromatic heterocycles. The molecule has 0 radical (unpaired) electrons. The maximum absolute atomic E-state index is 11.9. The first-order valence-electron chi connectivity index (χ1n) is 10.4. The molecule has 0 aliphatic carbocycles. The lowest BCUT2D eigenvalue weighted by Gasteiger charge is -2.27. The second-order valence-corrected chi connectivity index (χ2v) is 9.39. The first kappa shape index (κ1) is 22.3. The van der Waals surface area contributed by atoms with Crippen LogP contribution in [0.2, 0.25) is 0 Å². The maximum atomic E-state index is 11.9. The topological polar surface area (TPSA) is 82.1 Å². The van der Waals surface area contributed by atoms with E-state index in [0.29, 0.717) is 36.9 Å². The third kappa shape index (κ3) is 5.12. The van der Waals surface area contributed by atoms with Crippen LogP contribution in [0.5, 0.6) is 11.5 Å². The predicted molar refractivity (Wildman–Crippen MR) is 121 cm³/mol. The van der Waals surface area contributed by atoms with Gasteiger partial charge in [0.15, 0.2) is 17.6 Å². The monoisotopic (exact) mass is 454 g/mol. The standard InChI is InChI=1S/C25H26O6S/c1-17-8-11-25(32(26,27)28)22(12-17)18(2)20-9-10-23-24(13-20)31-21(16-30-23)15-29-14-19-6-4-3-5-7-19/h3-13,18,21H,14-16H2,1-2H3,(H,26,27,28)/t18?,21-/m0/s1. The lowest BCUT2D eigenvalue weighted by molar-refractivity contribution is 0.00266. The zero-order chi connectivity index (χ0) is 22.7. The molecule has 1 aliphatic heterocycles. The summed E-state index contributed by atoms with van der Waals surface area (Å²) >= 11 is 0. The summed E-state index contributed by atoms with van der Waals surface area (Å²) in [6.45, 7) is 5.06. The van der Waals surface area contributed by atoms with Gasteiger partial charge in [-0.1, -0.05) is 61.0 Å². The van der Waals surface area contributed by atoms with E-state index in [1.54, 1.807) is 12.1 Å². The van der Waals surface area contributed by atoms with Gasteiger partial charge in [-0.15, -0.1) is 0 Å². The van der Waals surface area contributed by atoms with E-state index < -0.39 is 10.1 Å². The predicted octanol–water partition coefficient (Wildman–Crippen LogP) is 4.75. The fourth-order valence-electron chi connectivity index (χ4n) is 3.79. The average molecular weight is 455 g/mol. The molecule has 7 heteroatoms. The molecule has 2 atom stereocenters. The van der Waals surface area contributed by atoms with Crippen molar-refractivity contribution in [3.63, 3.8) is 0 Å². The molecular formula is C25H26O6S. The highest BCUT2D eigenvalue weighted by atomic mass is 32.2. The summed E-state index contributed by atoms with van der Waals surface area (Å²) in [5, 5.41) is 0. The minimum atomic E-state index is -4.34. The molecule has 1 unspecified atom stereocenters. The van der Waals surface area contributed by atoms with Gasteiger partial charge in [-0.25, -0.2) is 0 Å². The molecule has 32 heavy (non-hydrogen) atoms. The molecular weight excluding hydrogens is 428 g/mol. The fourth-order valence-corrected chi connectivity index (χ4v) is 4.56. The number of hydrogen-bond acceptors (Lipinski definition) is 5. The first-order valence-corrected chi connectivity index (χ1v) is 11.9. The Labute approximate surface area is 188 Å². The quantitative estimate of drug-likeness (QED) is 0.519. The molecule has 0 amide bonds. The van der Waals surface area contributed by atoms with E-state index in [1.807, 2.05) is 62.4 Å². The number of aryl methyl sites for hydroxylation is 1. The second-order valence-electron chi connectivity index (χ2n) is 8.00. The van der Waals surface area contributed by atoms with E-state index in [9.17, 15) is 13.0 Å². The number of ether oxygens (including phenoxy) is 3. The summed E-state index contributed by atoms with van der Waals surface area (Å²) in [6.07, 6.45) is -0.246. The molecule has 0 fully saturated rings. The Morgan fingerprint density at radius 1 is 1.06 bits per heavy atom. The molecule has 0 bridgehead atoms. The molecule has 0 spiro atoms. The molecule has 3 aromatic carbocycles. The number of fused-ring (bicyclic) bond motifs is 1. The highest BCUT2D eigenvalue weighted by Gasteiger charge is 2.25. The van der Waals surface area contributed by atoms with Gasteiger partial charge in [-0.05, 0) is 41.8 Å². The molecule has 4 rings (SSSR count). The van der Waals surface area contributed by atoms with Gasteiger partial charge in [-0.2, -0.15) is 8.42 Å². The van der Waals surface area contributed by atoms with Gasteiger partial charge in [0.1, 0.15) is 6.61 Å². The van der Waals surface area contributed by atoms with Crippen LogP contribution in [-0.4, -0.2) is 32.3 Å². The van der Waals surface area contributed by atoms with Crippen LogP contribution in [0.4, 0.5) is 0 Å². The normalized spacial score (nSPS) is 16.5. The van der Waals surface area contributed by atoms with E-state index in [4.69, 9.17) is 14.2 Å². The Morgan fingerprint density at radius 3 is 2.59 bits per heavy atom. The van der Waals surface area contributed by atoms with Crippen LogP contribution in [0, 0.1) is 6.92 Å². The van der Waals surface area contributed by atoms with Crippen molar-refractivity contribution in [3.05, 3.63) is 89.0 Å². The summed E-state index contributed by atoms with van der Waals surface area (Å²) < 4.78 is 51.1. The van der Waals surface area contributed by atoms with Crippen LogP contribution in [0.25, 0.3) is 0 Å². The van der Waals surface area contributed by atoms with Crippen molar-refractivity contribution in [2.75, 3.05) is 13.2 Å². The van der Waals surface area contributed by atoms with Crippen LogP contribution in [0.3, 0.4) is 0 Å². The minimum absolute atomic E-state index is 0.0855. The van der Waals surface area contributed by atoms with Crippen LogP contribution < -0.4 is 9.47 Å². The van der Waals surface area contributed by atoms with Gasteiger partial charge in [0, 0.05) is 5.92 Å². The number of rotatable bonds is 7.